The fraction of sp³-hybridized carbons (Fsp3) is 0.450. The monoisotopic (exact) mass is 419 g/mol. The first-order valence-corrected chi connectivity index (χ1v) is 10.2. The first-order chi connectivity index (χ1) is 13.4. The summed E-state index contributed by atoms with van der Waals surface area (Å²) in [7, 11) is 2.13. The topological polar surface area (TPSA) is 52.6 Å². The molecule has 0 bridgehead atoms. The molecule has 4 rings (SSSR count). The van der Waals surface area contributed by atoms with E-state index in [1.807, 2.05) is 11.8 Å². The number of carbonyl (C=O) groups excluding carboxylic acids is 1. The van der Waals surface area contributed by atoms with Gasteiger partial charge in [0.25, 0.3) is 5.91 Å². The maximum atomic E-state index is 13.1. The van der Waals surface area contributed by atoms with E-state index in [0.29, 0.717) is 28.7 Å². The van der Waals surface area contributed by atoms with Gasteiger partial charge in [0.1, 0.15) is 11.6 Å². The zero-order chi connectivity index (χ0) is 19.8. The zero-order valence-corrected chi connectivity index (χ0v) is 17.6. The van der Waals surface area contributed by atoms with Gasteiger partial charge >= 0.3 is 0 Å². The van der Waals surface area contributed by atoms with Crippen LogP contribution in [0.5, 0.6) is 0 Å². The lowest BCUT2D eigenvalue weighted by Gasteiger charge is -2.37. The fourth-order valence-electron chi connectivity index (χ4n) is 3.80. The van der Waals surface area contributed by atoms with Crippen molar-refractivity contribution in [1.29, 1.82) is 0 Å². The van der Waals surface area contributed by atoms with Gasteiger partial charge in [0, 0.05) is 49.7 Å². The molecule has 0 unspecified atom stereocenters. The molecule has 1 fully saturated rings. The third-order valence-electron chi connectivity index (χ3n) is 5.40. The number of anilines is 1. The number of piperazine rings is 1. The van der Waals surface area contributed by atoms with Crippen molar-refractivity contribution in [3.63, 3.8) is 0 Å². The van der Waals surface area contributed by atoms with Crippen molar-refractivity contribution in [3.05, 3.63) is 50.9 Å². The number of hydrogen-bond donors (Lipinski definition) is 0. The summed E-state index contributed by atoms with van der Waals surface area (Å²) in [6.45, 7) is 6.90. The van der Waals surface area contributed by atoms with E-state index in [0.717, 1.165) is 55.5 Å². The van der Waals surface area contributed by atoms with Crippen LogP contribution in [0.1, 0.15) is 27.4 Å². The average Bonchev–Trinajstić information content (AvgIpc) is 2.67. The van der Waals surface area contributed by atoms with E-state index in [1.54, 1.807) is 18.2 Å². The number of halogens is 2. The minimum Gasteiger partial charge on any atom is -0.354 e. The lowest BCUT2D eigenvalue weighted by atomic mass is 10.0. The van der Waals surface area contributed by atoms with E-state index < -0.39 is 0 Å². The summed E-state index contributed by atoms with van der Waals surface area (Å²) in [5.74, 6) is 1.67. The van der Waals surface area contributed by atoms with Crippen LogP contribution in [0, 0.1) is 6.92 Å². The number of benzene rings is 1. The lowest BCUT2D eigenvalue weighted by Crippen LogP contribution is -2.46. The highest BCUT2D eigenvalue weighted by atomic mass is 35.5. The molecule has 0 atom stereocenters. The molecule has 2 aromatic rings. The van der Waals surface area contributed by atoms with Crippen LogP contribution in [0.4, 0.5) is 5.82 Å². The maximum Gasteiger partial charge on any atom is 0.255 e. The molecule has 0 radical (unpaired) electrons. The van der Waals surface area contributed by atoms with Gasteiger partial charge in [-0.25, -0.2) is 9.97 Å². The summed E-state index contributed by atoms with van der Waals surface area (Å²) in [6, 6.07) is 4.99. The highest BCUT2D eigenvalue weighted by molar-refractivity contribution is 6.36. The quantitative estimate of drug-likeness (QED) is 0.748. The Bertz CT molecular complexity index is 912. The van der Waals surface area contributed by atoms with Gasteiger partial charge in [0.15, 0.2) is 0 Å². The van der Waals surface area contributed by atoms with Gasteiger partial charge < -0.3 is 14.7 Å². The minimum absolute atomic E-state index is 0.0859. The third-order valence-corrected chi connectivity index (χ3v) is 5.95. The summed E-state index contributed by atoms with van der Waals surface area (Å²) in [5, 5.41) is 0.898. The van der Waals surface area contributed by atoms with Gasteiger partial charge in [-0.15, -0.1) is 0 Å². The molecule has 1 aromatic carbocycles. The van der Waals surface area contributed by atoms with E-state index in [-0.39, 0.29) is 5.91 Å². The Hall–Kier alpha value is -1.89. The van der Waals surface area contributed by atoms with Gasteiger partial charge in [-0.2, -0.15) is 0 Å². The number of amides is 1. The highest BCUT2D eigenvalue weighted by Crippen LogP contribution is 2.29. The SMILES string of the molecule is Cc1nc2c(c(N3CCN(C)CC3)n1)CN(C(=O)c1ccc(Cl)cc1Cl)CC2. The summed E-state index contributed by atoms with van der Waals surface area (Å²) in [5.41, 5.74) is 2.58. The molecule has 148 valence electrons. The number of aromatic nitrogens is 2. The van der Waals surface area contributed by atoms with Gasteiger partial charge in [0.05, 0.1) is 22.8 Å². The number of fused-ring (bicyclic) bond motifs is 1. The Morgan fingerprint density at radius 3 is 2.54 bits per heavy atom. The summed E-state index contributed by atoms with van der Waals surface area (Å²) < 4.78 is 0. The Labute approximate surface area is 175 Å². The second-order valence-electron chi connectivity index (χ2n) is 7.41. The highest BCUT2D eigenvalue weighted by Gasteiger charge is 2.29. The number of rotatable bonds is 2. The molecule has 8 heteroatoms. The molecule has 1 saturated heterocycles. The smallest absolute Gasteiger partial charge is 0.255 e. The minimum atomic E-state index is -0.0859. The standard InChI is InChI=1S/C20H23Cl2N5O/c1-13-23-18-5-6-27(20(28)15-4-3-14(21)11-17(15)22)12-16(18)19(24-13)26-9-7-25(2)8-10-26/h3-4,11H,5-10,12H2,1-2H3. The van der Waals surface area contributed by atoms with Gasteiger partial charge in [-0.1, -0.05) is 23.2 Å². The van der Waals surface area contributed by atoms with Crippen molar-refractivity contribution in [2.75, 3.05) is 44.7 Å². The van der Waals surface area contributed by atoms with Crippen LogP contribution >= 0.6 is 23.2 Å². The predicted molar refractivity (Wildman–Crippen MR) is 111 cm³/mol. The van der Waals surface area contributed by atoms with Crippen LogP contribution in [0.3, 0.4) is 0 Å². The number of likely N-dealkylation sites (N-methyl/N-ethyl adjacent to an activating group) is 1. The molecule has 0 spiro atoms. The van der Waals surface area contributed by atoms with Crippen molar-refractivity contribution < 1.29 is 4.79 Å². The molecule has 1 amide bonds. The Kier molecular flexibility index (Phi) is 5.45. The van der Waals surface area contributed by atoms with Crippen molar-refractivity contribution >= 4 is 34.9 Å². The fourth-order valence-corrected chi connectivity index (χ4v) is 4.29. The molecule has 2 aliphatic rings. The van der Waals surface area contributed by atoms with Crippen LogP contribution in [-0.4, -0.2) is 65.4 Å². The lowest BCUT2D eigenvalue weighted by molar-refractivity contribution is 0.0733. The molecule has 0 saturated carbocycles. The van der Waals surface area contributed by atoms with E-state index in [1.165, 1.54) is 0 Å². The predicted octanol–water partition coefficient (Wildman–Crippen LogP) is 3.04. The number of aryl methyl sites for hydroxylation is 1. The molecule has 6 nitrogen and oxygen atoms in total. The summed E-state index contributed by atoms with van der Waals surface area (Å²) in [4.78, 5) is 28.9. The maximum absolute atomic E-state index is 13.1. The average molecular weight is 420 g/mol. The van der Waals surface area contributed by atoms with Crippen molar-refractivity contribution in [2.45, 2.75) is 19.9 Å². The molecule has 28 heavy (non-hydrogen) atoms. The number of hydrogen-bond acceptors (Lipinski definition) is 5. The Morgan fingerprint density at radius 2 is 1.82 bits per heavy atom. The molecular weight excluding hydrogens is 397 g/mol. The molecule has 0 N–H and O–H groups in total. The summed E-state index contributed by atoms with van der Waals surface area (Å²) >= 11 is 12.2. The van der Waals surface area contributed by atoms with Crippen molar-refractivity contribution in [3.8, 4) is 0 Å². The van der Waals surface area contributed by atoms with Crippen LogP contribution in [0.25, 0.3) is 0 Å². The van der Waals surface area contributed by atoms with E-state index >= 15 is 0 Å². The normalized spacial score (nSPS) is 17.6. The van der Waals surface area contributed by atoms with E-state index in [4.69, 9.17) is 28.2 Å². The molecule has 3 heterocycles. The zero-order valence-electron chi connectivity index (χ0n) is 16.1. The van der Waals surface area contributed by atoms with Crippen LogP contribution < -0.4 is 4.90 Å². The molecular formula is C20H23Cl2N5O. The van der Waals surface area contributed by atoms with Crippen molar-refractivity contribution in [2.24, 2.45) is 0 Å². The molecule has 1 aromatic heterocycles. The largest absolute Gasteiger partial charge is 0.354 e. The van der Waals surface area contributed by atoms with Crippen LogP contribution in [0.15, 0.2) is 18.2 Å². The van der Waals surface area contributed by atoms with E-state index in [9.17, 15) is 4.79 Å². The van der Waals surface area contributed by atoms with Gasteiger partial charge in [0.2, 0.25) is 0 Å². The number of nitrogens with zero attached hydrogens (tertiary/aromatic N) is 5. The van der Waals surface area contributed by atoms with E-state index in [2.05, 4.69) is 21.8 Å². The molecule has 0 aliphatic carbocycles. The first-order valence-electron chi connectivity index (χ1n) is 9.46. The van der Waals surface area contributed by atoms with Gasteiger partial charge in [-0.05, 0) is 32.2 Å². The van der Waals surface area contributed by atoms with Crippen molar-refractivity contribution in [1.82, 2.24) is 19.8 Å². The van der Waals surface area contributed by atoms with Crippen LogP contribution in [-0.2, 0) is 13.0 Å². The van der Waals surface area contributed by atoms with Crippen LogP contribution in [0.2, 0.25) is 10.0 Å². The Balaban J connectivity index is 1.63. The number of carbonyl (C=O) groups is 1. The second-order valence-corrected chi connectivity index (χ2v) is 8.25. The third kappa shape index (κ3) is 3.81. The molecule has 2 aliphatic heterocycles. The Morgan fingerprint density at radius 1 is 1.07 bits per heavy atom. The first kappa shape index (κ1) is 19.4. The van der Waals surface area contributed by atoms with Gasteiger partial charge in [-0.3, -0.25) is 4.79 Å². The summed E-state index contributed by atoms with van der Waals surface area (Å²) in [6.07, 6.45) is 0.719. The second kappa shape index (κ2) is 7.85.